The molecule has 0 spiro atoms. The van der Waals surface area contributed by atoms with Gasteiger partial charge in [-0.25, -0.2) is 0 Å². The largest absolute Gasteiger partial charge is 0.357 e. The summed E-state index contributed by atoms with van der Waals surface area (Å²) in [7, 11) is 0. The number of nitriles is 1. The van der Waals surface area contributed by atoms with E-state index in [4.69, 9.17) is 28.5 Å². The fourth-order valence-corrected chi connectivity index (χ4v) is 3.92. The predicted molar refractivity (Wildman–Crippen MR) is 89.7 cm³/mol. The summed E-state index contributed by atoms with van der Waals surface area (Å²) >= 11 is 14.4. The van der Waals surface area contributed by atoms with Crippen LogP contribution in [0.4, 0.5) is 5.69 Å². The van der Waals surface area contributed by atoms with Crippen molar-refractivity contribution in [3.63, 3.8) is 0 Å². The molecule has 1 N–H and O–H groups in total. The van der Waals surface area contributed by atoms with Crippen LogP contribution in [-0.4, -0.2) is 11.1 Å². The van der Waals surface area contributed by atoms with Crippen molar-refractivity contribution < 1.29 is 0 Å². The Morgan fingerprint density at radius 2 is 2.14 bits per heavy atom. The first-order valence-corrected chi connectivity index (χ1v) is 8.30. The lowest BCUT2D eigenvalue weighted by Gasteiger charge is -2.27. The molecule has 2 nitrogen and oxygen atoms in total. The van der Waals surface area contributed by atoms with Crippen molar-refractivity contribution in [1.82, 2.24) is 0 Å². The quantitative estimate of drug-likeness (QED) is 0.730. The van der Waals surface area contributed by atoms with Crippen LogP contribution in [0.1, 0.15) is 6.42 Å². The van der Waals surface area contributed by atoms with Gasteiger partial charge in [0.1, 0.15) is 0 Å². The van der Waals surface area contributed by atoms with E-state index in [1.165, 1.54) is 4.90 Å². The zero-order valence-electron chi connectivity index (χ0n) is 11.1. The number of allylic oxidation sites excluding steroid dienone is 5. The van der Waals surface area contributed by atoms with Gasteiger partial charge in [-0.3, -0.25) is 0 Å². The van der Waals surface area contributed by atoms with E-state index in [0.717, 1.165) is 28.3 Å². The lowest BCUT2D eigenvalue weighted by atomic mass is 9.93. The molecule has 3 rings (SSSR count). The summed E-state index contributed by atoms with van der Waals surface area (Å²) in [6, 6.07) is 10.3. The van der Waals surface area contributed by atoms with Gasteiger partial charge in [-0.1, -0.05) is 29.8 Å². The molecular formula is C16H12Cl2N2S. The second-order valence-corrected chi connectivity index (χ2v) is 6.63. The standard InChI is InChI=1S/C16H12Cl2N2S/c17-11-6-5-10(7-8-19)15(16(11)18)13-9-21-14-4-2-1-3-12(14)20-13/h1-6,16,20H,7,9H2. The number of hydrogen-bond donors (Lipinski definition) is 1. The van der Waals surface area contributed by atoms with Crippen molar-refractivity contribution in [3.05, 3.63) is 58.3 Å². The summed E-state index contributed by atoms with van der Waals surface area (Å²) in [5.41, 5.74) is 3.98. The molecule has 1 aromatic carbocycles. The molecule has 0 fully saturated rings. The topological polar surface area (TPSA) is 35.8 Å². The Morgan fingerprint density at radius 1 is 1.33 bits per heavy atom. The van der Waals surface area contributed by atoms with Crippen LogP contribution >= 0.6 is 35.0 Å². The molecule has 1 atom stereocenters. The molecular weight excluding hydrogens is 323 g/mol. The molecule has 21 heavy (non-hydrogen) atoms. The first-order chi connectivity index (χ1) is 10.2. The Kier molecular flexibility index (Phi) is 4.30. The smallest absolute Gasteiger partial charge is 0.0961 e. The average molecular weight is 335 g/mol. The highest BCUT2D eigenvalue weighted by Crippen LogP contribution is 2.40. The minimum atomic E-state index is -0.395. The molecule has 106 valence electrons. The Labute approximate surface area is 138 Å². The molecule has 0 radical (unpaired) electrons. The monoisotopic (exact) mass is 334 g/mol. The van der Waals surface area contributed by atoms with Crippen molar-refractivity contribution >= 4 is 40.7 Å². The van der Waals surface area contributed by atoms with Crippen molar-refractivity contribution in [1.29, 1.82) is 5.26 Å². The minimum Gasteiger partial charge on any atom is -0.357 e. The van der Waals surface area contributed by atoms with Crippen LogP contribution in [0.2, 0.25) is 0 Å². The number of benzene rings is 1. The zero-order valence-corrected chi connectivity index (χ0v) is 13.4. The highest BCUT2D eigenvalue weighted by atomic mass is 35.5. The van der Waals surface area contributed by atoms with Crippen LogP contribution in [0.25, 0.3) is 0 Å². The zero-order chi connectivity index (χ0) is 14.8. The summed E-state index contributed by atoms with van der Waals surface area (Å²) in [6.07, 6.45) is 4.00. The second kappa shape index (κ2) is 6.19. The Bertz CT molecular complexity index is 713. The first-order valence-electron chi connectivity index (χ1n) is 6.50. The van der Waals surface area contributed by atoms with Gasteiger partial charge in [0, 0.05) is 21.4 Å². The number of para-hydroxylation sites is 1. The number of thioether (sulfide) groups is 1. The highest BCUT2D eigenvalue weighted by molar-refractivity contribution is 7.99. The number of halogens is 2. The SMILES string of the molecule is N#CCC1=CC=C(Cl)C(Cl)C1=C1CSc2ccccc2N1. The van der Waals surface area contributed by atoms with Crippen molar-refractivity contribution in [3.8, 4) is 6.07 Å². The maximum atomic E-state index is 9.01. The molecule has 0 amide bonds. The molecule has 1 aliphatic heterocycles. The number of nitrogens with one attached hydrogen (secondary N) is 1. The van der Waals surface area contributed by atoms with Gasteiger partial charge in [0.25, 0.3) is 0 Å². The number of rotatable bonds is 1. The maximum Gasteiger partial charge on any atom is 0.0961 e. The van der Waals surface area contributed by atoms with E-state index in [1.54, 1.807) is 17.8 Å². The number of fused-ring (bicyclic) bond motifs is 1. The second-order valence-electron chi connectivity index (χ2n) is 4.74. The molecule has 1 heterocycles. The van der Waals surface area contributed by atoms with E-state index < -0.39 is 5.38 Å². The van der Waals surface area contributed by atoms with Crippen molar-refractivity contribution in [2.75, 3.05) is 11.1 Å². The van der Waals surface area contributed by atoms with E-state index >= 15 is 0 Å². The van der Waals surface area contributed by atoms with Crippen LogP contribution < -0.4 is 5.32 Å². The minimum absolute atomic E-state index is 0.330. The van der Waals surface area contributed by atoms with Crippen LogP contribution in [0.3, 0.4) is 0 Å². The van der Waals surface area contributed by atoms with Crippen LogP contribution in [0.5, 0.6) is 0 Å². The van der Waals surface area contributed by atoms with Gasteiger partial charge >= 0.3 is 0 Å². The summed E-state index contributed by atoms with van der Waals surface area (Å²) < 4.78 is 0. The predicted octanol–water partition coefficient (Wildman–Crippen LogP) is 5.04. The maximum absolute atomic E-state index is 9.01. The summed E-state index contributed by atoms with van der Waals surface area (Å²) in [4.78, 5) is 1.22. The Hall–Kier alpha value is -1.34. The van der Waals surface area contributed by atoms with Crippen molar-refractivity contribution in [2.24, 2.45) is 0 Å². The summed E-state index contributed by atoms with van der Waals surface area (Å²) in [6.45, 7) is 0. The third kappa shape index (κ3) is 2.85. The number of alkyl halides is 1. The van der Waals surface area contributed by atoms with Crippen molar-refractivity contribution in [2.45, 2.75) is 16.7 Å². The lowest BCUT2D eigenvalue weighted by molar-refractivity contribution is 1.07. The number of nitrogens with zero attached hydrogens (tertiary/aromatic N) is 1. The fraction of sp³-hybridized carbons (Fsp3) is 0.188. The first kappa shape index (κ1) is 14.6. The molecule has 0 saturated heterocycles. The van der Waals surface area contributed by atoms with Gasteiger partial charge < -0.3 is 5.32 Å². The van der Waals surface area contributed by atoms with Gasteiger partial charge in [-0.15, -0.1) is 23.4 Å². The summed E-state index contributed by atoms with van der Waals surface area (Å²) in [5.74, 6) is 0.794. The van der Waals surface area contributed by atoms with Gasteiger partial charge in [-0.2, -0.15) is 5.26 Å². The average Bonchev–Trinajstić information content (AvgIpc) is 2.51. The molecule has 1 aliphatic carbocycles. The van der Waals surface area contributed by atoms with Crippen LogP contribution in [0, 0.1) is 11.3 Å². The van der Waals surface area contributed by atoms with Gasteiger partial charge in [-0.05, 0) is 29.4 Å². The van der Waals surface area contributed by atoms with E-state index in [2.05, 4.69) is 17.5 Å². The molecule has 2 aliphatic rings. The summed E-state index contributed by atoms with van der Waals surface area (Å²) in [5, 5.41) is 12.6. The Morgan fingerprint density at radius 3 is 2.95 bits per heavy atom. The van der Waals surface area contributed by atoms with Crippen LogP contribution in [0.15, 0.2) is 63.2 Å². The molecule has 5 heteroatoms. The van der Waals surface area contributed by atoms with E-state index in [-0.39, 0.29) is 0 Å². The van der Waals surface area contributed by atoms with Gasteiger partial charge in [0.15, 0.2) is 0 Å². The number of anilines is 1. The normalized spacial score (nSPS) is 24.3. The fourth-order valence-electron chi connectivity index (χ4n) is 2.43. The lowest BCUT2D eigenvalue weighted by Crippen LogP contribution is -2.19. The molecule has 0 bridgehead atoms. The third-order valence-corrected chi connectivity index (χ3v) is 5.43. The van der Waals surface area contributed by atoms with Gasteiger partial charge in [0.2, 0.25) is 0 Å². The van der Waals surface area contributed by atoms with E-state index in [1.807, 2.05) is 24.3 Å². The Balaban J connectivity index is 2.03. The molecule has 1 unspecified atom stereocenters. The van der Waals surface area contributed by atoms with E-state index in [9.17, 15) is 0 Å². The molecule has 0 saturated carbocycles. The molecule has 0 aromatic heterocycles. The molecule has 1 aromatic rings. The van der Waals surface area contributed by atoms with Gasteiger partial charge in [0.05, 0.1) is 23.6 Å². The third-order valence-electron chi connectivity index (χ3n) is 3.42. The number of hydrogen-bond acceptors (Lipinski definition) is 3. The highest BCUT2D eigenvalue weighted by Gasteiger charge is 2.27. The van der Waals surface area contributed by atoms with Crippen LogP contribution in [-0.2, 0) is 0 Å². The van der Waals surface area contributed by atoms with E-state index in [0.29, 0.717) is 11.5 Å².